The molecule has 10 heteroatoms. The van der Waals surface area contributed by atoms with Gasteiger partial charge in [0.1, 0.15) is 12.2 Å². The molecule has 0 aromatic carbocycles. The molecule has 1 aliphatic heterocycles. The molecule has 0 amide bonds. The highest BCUT2D eigenvalue weighted by molar-refractivity contribution is 7.89. The minimum absolute atomic E-state index is 0.0315. The summed E-state index contributed by atoms with van der Waals surface area (Å²) in [4.78, 5) is 12.0. The highest BCUT2D eigenvalue weighted by Crippen LogP contribution is 2.23. The predicted molar refractivity (Wildman–Crippen MR) is 91.8 cm³/mol. The molecule has 1 unspecified atom stereocenters. The molecule has 26 heavy (non-hydrogen) atoms. The van der Waals surface area contributed by atoms with Crippen LogP contribution in [0.5, 0.6) is 5.88 Å². The maximum atomic E-state index is 12.9. The Labute approximate surface area is 152 Å². The number of nitriles is 1. The average Bonchev–Trinajstić information content (AvgIpc) is 3.14. The lowest BCUT2D eigenvalue weighted by atomic mass is 10.1. The van der Waals surface area contributed by atoms with Gasteiger partial charge in [0.05, 0.1) is 12.9 Å². The lowest BCUT2D eigenvalue weighted by Crippen LogP contribution is -2.44. The molecular formula is C16H20N6O3S. The fourth-order valence-electron chi connectivity index (χ4n) is 2.73. The van der Waals surface area contributed by atoms with Crippen molar-refractivity contribution in [3.05, 3.63) is 30.6 Å². The molecule has 2 aromatic rings. The van der Waals surface area contributed by atoms with Gasteiger partial charge in [0.15, 0.2) is 5.03 Å². The topological polar surface area (TPSA) is 114 Å². The van der Waals surface area contributed by atoms with Gasteiger partial charge in [0.25, 0.3) is 15.9 Å². The van der Waals surface area contributed by atoms with Gasteiger partial charge in [-0.25, -0.2) is 23.4 Å². The molecule has 0 bridgehead atoms. The number of imidazole rings is 1. The van der Waals surface area contributed by atoms with Gasteiger partial charge in [0.2, 0.25) is 5.69 Å². The molecule has 0 radical (unpaired) electrons. The van der Waals surface area contributed by atoms with Gasteiger partial charge in [-0.1, -0.05) is 0 Å². The molecule has 1 aliphatic rings. The monoisotopic (exact) mass is 376 g/mol. The summed E-state index contributed by atoms with van der Waals surface area (Å²) in [5.41, 5.74) is 0.0863. The van der Waals surface area contributed by atoms with Crippen molar-refractivity contribution < 1.29 is 13.2 Å². The number of nitrogens with zero attached hydrogens (tertiary/aromatic N) is 6. The Morgan fingerprint density at radius 3 is 2.77 bits per heavy atom. The van der Waals surface area contributed by atoms with Crippen LogP contribution in [0.3, 0.4) is 0 Å². The first-order chi connectivity index (χ1) is 12.4. The summed E-state index contributed by atoms with van der Waals surface area (Å²) in [7, 11) is -3.70. The zero-order valence-electron chi connectivity index (χ0n) is 14.6. The molecule has 0 aliphatic carbocycles. The van der Waals surface area contributed by atoms with Gasteiger partial charge in [-0.2, -0.15) is 9.57 Å². The Morgan fingerprint density at radius 1 is 1.31 bits per heavy atom. The number of ether oxygens (including phenoxy) is 1. The van der Waals surface area contributed by atoms with Gasteiger partial charge in [-0.05, 0) is 26.7 Å². The van der Waals surface area contributed by atoms with Crippen LogP contribution in [0.25, 0.3) is 0 Å². The Balaban J connectivity index is 1.76. The third-order valence-corrected chi connectivity index (χ3v) is 5.92. The summed E-state index contributed by atoms with van der Waals surface area (Å²) in [6.07, 6.45) is 6.84. The van der Waals surface area contributed by atoms with Crippen LogP contribution in [0.1, 0.15) is 38.4 Å². The van der Waals surface area contributed by atoms with E-state index in [1.54, 1.807) is 10.8 Å². The minimum atomic E-state index is -3.70. The molecule has 2 aromatic heterocycles. The van der Waals surface area contributed by atoms with Crippen molar-refractivity contribution in [1.29, 1.82) is 5.26 Å². The summed E-state index contributed by atoms with van der Waals surface area (Å²) in [6, 6.07) is 2.05. The van der Waals surface area contributed by atoms with Crippen LogP contribution in [0.2, 0.25) is 0 Å². The summed E-state index contributed by atoms with van der Waals surface area (Å²) in [6.45, 7) is 4.49. The average molecular weight is 376 g/mol. The molecule has 1 saturated heterocycles. The van der Waals surface area contributed by atoms with E-state index in [0.29, 0.717) is 19.4 Å². The van der Waals surface area contributed by atoms with Crippen LogP contribution in [-0.4, -0.2) is 51.4 Å². The second-order valence-corrected chi connectivity index (χ2v) is 8.20. The van der Waals surface area contributed by atoms with E-state index in [-0.39, 0.29) is 29.2 Å². The molecule has 1 fully saturated rings. The van der Waals surface area contributed by atoms with Gasteiger partial charge in [-0.3, -0.25) is 0 Å². The van der Waals surface area contributed by atoms with E-state index in [1.807, 2.05) is 19.9 Å². The maximum absolute atomic E-state index is 12.9. The van der Waals surface area contributed by atoms with Crippen molar-refractivity contribution in [2.24, 2.45) is 0 Å². The largest absolute Gasteiger partial charge is 0.471 e. The molecular weight excluding hydrogens is 356 g/mol. The molecule has 0 spiro atoms. The Kier molecular flexibility index (Phi) is 5.20. The summed E-state index contributed by atoms with van der Waals surface area (Å²) >= 11 is 0. The van der Waals surface area contributed by atoms with Crippen molar-refractivity contribution in [3.63, 3.8) is 0 Å². The number of aromatic nitrogens is 4. The first-order valence-corrected chi connectivity index (χ1v) is 9.77. The number of piperidine rings is 1. The molecule has 3 rings (SSSR count). The lowest BCUT2D eigenvalue weighted by molar-refractivity contribution is 0.123. The Bertz CT molecular complexity index is 918. The number of hydrogen-bond donors (Lipinski definition) is 0. The smallest absolute Gasteiger partial charge is 0.262 e. The van der Waals surface area contributed by atoms with Gasteiger partial charge >= 0.3 is 0 Å². The van der Waals surface area contributed by atoms with Gasteiger partial charge < -0.3 is 9.30 Å². The quantitative estimate of drug-likeness (QED) is 0.774. The molecule has 138 valence electrons. The van der Waals surface area contributed by atoms with E-state index in [0.717, 1.165) is 0 Å². The van der Waals surface area contributed by atoms with E-state index >= 15 is 0 Å². The predicted octanol–water partition coefficient (Wildman–Crippen LogP) is 1.36. The van der Waals surface area contributed by atoms with Gasteiger partial charge in [-0.15, -0.1) is 0 Å². The van der Waals surface area contributed by atoms with Crippen molar-refractivity contribution in [2.75, 3.05) is 13.1 Å². The zero-order chi connectivity index (χ0) is 18.7. The third-order valence-electron chi connectivity index (χ3n) is 4.17. The third kappa shape index (κ3) is 3.68. The normalized spacial score (nSPS) is 18.6. The van der Waals surface area contributed by atoms with Crippen LogP contribution in [-0.2, 0) is 10.0 Å². The fourth-order valence-corrected chi connectivity index (χ4v) is 4.16. The first kappa shape index (κ1) is 18.3. The zero-order valence-corrected chi connectivity index (χ0v) is 15.4. The Morgan fingerprint density at radius 2 is 2.08 bits per heavy atom. The van der Waals surface area contributed by atoms with Crippen LogP contribution in [0.15, 0.2) is 29.9 Å². The molecule has 0 N–H and O–H groups in total. The number of hydrogen-bond acceptors (Lipinski definition) is 7. The Hall–Kier alpha value is -2.51. The highest BCUT2D eigenvalue weighted by Gasteiger charge is 2.33. The summed E-state index contributed by atoms with van der Waals surface area (Å²) in [5, 5.41) is 9.11. The number of rotatable bonds is 5. The minimum Gasteiger partial charge on any atom is -0.471 e. The second kappa shape index (κ2) is 7.39. The van der Waals surface area contributed by atoms with E-state index in [4.69, 9.17) is 10.00 Å². The van der Waals surface area contributed by atoms with Crippen LogP contribution < -0.4 is 4.74 Å². The molecule has 0 saturated carbocycles. The van der Waals surface area contributed by atoms with E-state index in [1.165, 1.54) is 23.0 Å². The summed E-state index contributed by atoms with van der Waals surface area (Å²) in [5.74, 6) is 0.128. The lowest BCUT2D eigenvalue weighted by Gasteiger charge is -2.31. The second-order valence-electron chi connectivity index (χ2n) is 6.32. The van der Waals surface area contributed by atoms with Gasteiger partial charge in [0, 0.05) is 31.2 Å². The summed E-state index contributed by atoms with van der Waals surface area (Å²) < 4.78 is 34.6. The fraction of sp³-hybridized carbons (Fsp3) is 0.500. The van der Waals surface area contributed by atoms with Crippen molar-refractivity contribution in [3.8, 4) is 11.9 Å². The molecule has 1 atom stereocenters. The van der Waals surface area contributed by atoms with E-state index in [2.05, 4.69) is 15.0 Å². The van der Waals surface area contributed by atoms with Crippen molar-refractivity contribution in [1.82, 2.24) is 23.8 Å². The first-order valence-electron chi connectivity index (χ1n) is 8.33. The molecule has 9 nitrogen and oxygen atoms in total. The number of sulfonamides is 1. The van der Waals surface area contributed by atoms with Crippen molar-refractivity contribution in [2.45, 2.75) is 43.9 Å². The van der Waals surface area contributed by atoms with Crippen LogP contribution in [0.4, 0.5) is 0 Å². The van der Waals surface area contributed by atoms with E-state index < -0.39 is 16.1 Å². The van der Waals surface area contributed by atoms with E-state index in [9.17, 15) is 8.42 Å². The highest BCUT2D eigenvalue weighted by atomic mass is 32.2. The standard InChI is InChI=1S/C16H20N6O3S/c1-12(2)21-10-15(20-11-21)26(23,24)22-7-3-4-13(9-22)25-16-14(8-17)18-5-6-19-16/h5-6,10-13H,3-4,7,9H2,1-2H3. The SMILES string of the molecule is CC(C)n1cnc(S(=O)(=O)N2CCCC(Oc3nccnc3C#N)C2)c1. The van der Waals surface area contributed by atoms with Crippen LogP contribution in [0, 0.1) is 11.3 Å². The molecule has 3 heterocycles. The maximum Gasteiger partial charge on any atom is 0.262 e. The van der Waals surface area contributed by atoms with Crippen LogP contribution >= 0.6 is 0 Å². The van der Waals surface area contributed by atoms with Crippen molar-refractivity contribution >= 4 is 10.0 Å².